The maximum Gasteiger partial charge on any atom is 0.237 e. The second-order valence-corrected chi connectivity index (χ2v) is 8.04. The summed E-state index contributed by atoms with van der Waals surface area (Å²) >= 11 is 0. The van der Waals surface area contributed by atoms with E-state index in [1.165, 1.54) is 19.3 Å². The summed E-state index contributed by atoms with van der Waals surface area (Å²) in [5.41, 5.74) is 6.22. The molecular formula is C21H30N2O4. The summed E-state index contributed by atoms with van der Waals surface area (Å²) in [7, 11) is 0. The Morgan fingerprint density at radius 1 is 1.04 bits per heavy atom. The quantitative estimate of drug-likeness (QED) is 0.827. The summed E-state index contributed by atoms with van der Waals surface area (Å²) in [5.74, 6) is 2.70. The zero-order valence-corrected chi connectivity index (χ0v) is 15.8. The average Bonchev–Trinajstić information content (AvgIpc) is 3.17. The van der Waals surface area contributed by atoms with Gasteiger partial charge < -0.3 is 25.3 Å². The van der Waals surface area contributed by atoms with Crippen LogP contribution >= 0.6 is 0 Å². The van der Waals surface area contributed by atoms with Gasteiger partial charge in [0, 0.05) is 12.1 Å². The maximum absolute atomic E-state index is 12.5. The van der Waals surface area contributed by atoms with Gasteiger partial charge in [-0.05, 0) is 56.6 Å². The largest absolute Gasteiger partial charge is 0.490 e. The molecule has 1 amide bonds. The molecule has 6 nitrogen and oxygen atoms in total. The van der Waals surface area contributed by atoms with Crippen molar-refractivity contribution in [2.75, 3.05) is 6.79 Å². The van der Waals surface area contributed by atoms with Crippen molar-refractivity contribution < 1.29 is 19.0 Å². The summed E-state index contributed by atoms with van der Waals surface area (Å²) in [4.78, 5) is 12.5. The first-order valence-electron chi connectivity index (χ1n) is 10.3. The van der Waals surface area contributed by atoms with Crippen LogP contribution in [0.1, 0.15) is 57.8 Å². The third kappa shape index (κ3) is 4.49. The van der Waals surface area contributed by atoms with Crippen molar-refractivity contribution in [2.45, 2.75) is 76.0 Å². The molecule has 3 aliphatic rings. The van der Waals surface area contributed by atoms with Crippen LogP contribution in [0, 0.1) is 5.92 Å². The lowest BCUT2D eigenvalue weighted by molar-refractivity contribution is -0.124. The van der Waals surface area contributed by atoms with Crippen molar-refractivity contribution in [1.82, 2.24) is 5.32 Å². The van der Waals surface area contributed by atoms with E-state index in [1.807, 2.05) is 18.2 Å². The lowest BCUT2D eigenvalue weighted by Crippen LogP contribution is -2.50. The number of hydrogen-bond acceptors (Lipinski definition) is 5. The first-order valence-corrected chi connectivity index (χ1v) is 10.3. The Labute approximate surface area is 160 Å². The fourth-order valence-electron chi connectivity index (χ4n) is 4.47. The van der Waals surface area contributed by atoms with Crippen LogP contribution in [0.15, 0.2) is 18.2 Å². The number of amides is 1. The fourth-order valence-corrected chi connectivity index (χ4v) is 4.47. The molecule has 0 aromatic heterocycles. The Kier molecular flexibility index (Phi) is 5.72. The number of nitrogens with one attached hydrogen (secondary N) is 1. The first-order chi connectivity index (χ1) is 13.2. The van der Waals surface area contributed by atoms with Crippen molar-refractivity contribution in [3.05, 3.63) is 18.2 Å². The SMILES string of the molecule is N[C@H](C(=O)NC1CCC(Oc2ccc3c(c2)OCO3)CC1)C1CCCCC1. The van der Waals surface area contributed by atoms with Crippen molar-refractivity contribution >= 4 is 5.91 Å². The van der Waals surface area contributed by atoms with Crippen LogP contribution in [0.25, 0.3) is 0 Å². The van der Waals surface area contributed by atoms with Gasteiger partial charge in [0.15, 0.2) is 11.5 Å². The molecule has 0 saturated heterocycles. The van der Waals surface area contributed by atoms with Gasteiger partial charge in [-0.1, -0.05) is 19.3 Å². The summed E-state index contributed by atoms with van der Waals surface area (Å²) in [5, 5.41) is 3.18. The van der Waals surface area contributed by atoms with Crippen LogP contribution in [0.3, 0.4) is 0 Å². The van der Waals surface area contributed by atoms with Gasteiger partial charge >= 0.3 is 0 Å². The summed E-state index contributed by atoms with van der Waals surface area (Å²) in [6, 6.07) is 5.55. The number of carbonyl (C=O) groups is 1. The molecule has 0 radical (unpaired) electrons. The molecule has 1 aromatic carbocycles. The number of benzene rings is 1. The smallest absolute Gasteiger partial charge is 0.237 e. The van der Waals surface area contributed by atoms with Gasteiger partial charge in [-0.25, -0.2) is 0 Å². The molecule has 4 rings (SSSR count). The number of carbonyl (C=O) groups excluding carboxylic acids is 1. The van der Waals surface area contributed by atoms with E-state index in [-0.39, 0.29) is 30.9 Å². The molecule has 2 fully saturated rings. The molecule has 1 atom stereocenters. The highest BCUT2D eigenvalue weighted by atomic mass is 16.7. The van der Waals surface area contributed by atoms with Crippen LogP contribution in [0.4, 0.5) is 0 Å². The van der Waals surface area contributed by atoms with Crippen LogP contribution in [-0.2, 0) is 4.79 Å². The second kappa shape index (κ2) is 8.38. The molecule has 27 heavy (non-hydrogen) atoms. The fraction of sp³-hybridized carbons (Fsp3) is 0.667. The minimum atomic E-state index is -0.354. The number of hydrogen-bond donors (Lipinski definition) is 2. The topological polar surface area (TPSA) is 82.8 Å². The van der Waals surface area contributed by atoms with E-state index in [4.69, 9.17) is 19.9 Å². The van der Waals surface area contributed by atoms with Gasteiger partial charge in [0.25, 0.3) is 0 Å². The Balaban J connectivity index is 1.22. The van der Waals surface area contributed by atoms with E-state index < -0.39 is 0 Å². The van der Waals surface area contributed by atoms with E-state index in [0.717, 1.165) is 55.8 Å². The van der Waals surface area contributed by atoms with E-state index in [9.17, 15) is 4.79 Å². The summed E-state index contributed by atoms with van der Waals surface area (Å²) < 4.78 is 16.8. The molecule has 148 valence electrons. The third-order valence-corrected chi connectivity index (χ3v) is 6.13. The van der Waals surface area contributed by atoms with E-state index in [0.29, 0.717) is 5.92 Å². The zero-order chi connectivity index (χ0) is 18.6. The van der Waals surface area contributed by atoms with Crippen molar-refractivity contribution in [1.29, 1.82) is 0 Å². The zero-order valence-electron chi connectivity index (χ0n) is 15.8. The average molecular weight is 374 g/mol. The van der Waals surface area contributed by atoms with Crippen molar-refractivity contribution in [2.24, 2.45) is 11.7 Å². The molecule has 0 bridgehead atoms. The molecule has 0 unspecified atom stereocenters. The first kappa shape index (κ1) is 18.4. The van der Waals surface area contributed by atoms with E-state index in [1.54, 1.807) is 0 Å². The van der Waals surface area contributed by atoms with E-state index >= 15 is 0 Å². The normalized spacial score (nSPS) is 26.4. The molecule has 1 aromatic rings. The summed E-state index contributed by atoms with van der Waals surface area (Å²) in [6.45, 7) is 0.270. The lowest BCUT2D eigenvalue weighted by Gasteiger charge is -2.32. The molecule has 3 N–H and O–H groups in total. The standard InChI is InChI=1S/C21H30N2O4/c22-20(14-4-2-1-3-5-14)21(24)23-15-6-8-16(9-7-15)27-17-10-11-18-19(12-17)26-13-25-18/h10-12,14-16,20H,1-9,13,22H2,(H,23,24)/t15?,16?,20-/m0/s1. The molecule has 2 saturated carbocycles. The second-order valence-electron chi connectivity index (χ2n) is 8.04. The summed E-state index contributed by atoms with van der Waals surface area (Å²) in [6.07, 6.45) is 9.74. The molecule has 1 aliphatic heterocycles. The maximum atomic E-state index is 12.5. The molecule has 0 spiro atoms. The molecular weight excluding hydrogens is 344 g/mol. The third-order valence-electron chi connectivity index (χ3n) is 6.13. The van der Waals surface area contributed by atoms with Crippen molar-refractivity contribution in [3.63, 3.8) is 0 Å². The van der Waals surface area contributed by atoms with Crippen LogP contribution in [-0.4, -0.2) is 30.9 Å². The monoisotopic (exact) mass is 374 g/mol. The molecule has 2 aliphatic carbocycles. The number of rotatable bonds is 5. The van der Waals surface area contributed by atoms with Crippen LogP contribution < -0.4 is 25.3 Å². The Bertz CT molecular complexity index is 652. The van der Waals surface area contributed by atoms with Gasteiger partial charge in [0.2, 0.25) is 12.7 Å². The lowest BCUT2D eigenvalue weighted by atomic mass is 9.83. The Morgan fingerprint density at radius 2 is 1.78 bits per heavy atom. The Hall–Kier alpha value is -1.95. The van der Waals surface area contributed by atoms with Gasteiger partial charge in [0.05, 0.1) is 12.1 Å². The minimum Gasteiger partial charge on any atom is -0.490 e. The molecule has 6 heteroatoms. The number of fused-ring (bicyclic) bond motifs is 1. The minimum absolute atomic E-state index is 0.0297. The molecule has 1 heterocycles. The van der Waals surface area contributed by atoms with E-state index in [2.05, 4.69) is 5.32 Å². The number of ether oxygens (including phenoxy) is 3. The number of nitrogens with two attached hydrogens (primary N) is 1. The van der Waals surface area contributed by atoms with Crippen LogP contribution in [0.5, 0.6) is 17.2 Å². The predicted molar refractivity (Wildman–Crippen MR) is 102 cm³/mol. The van der Waals surface area contributed by atoms with Gasteiger partial charge in [-0.3, -0.25) is 4.79 Å². The van der Waals surface area contributed by atoms with Gasteiger partial charge in [-0.15, -0.1) is 0 Å². The highest BCUT2D eigenvalue weighted by Gasteiger charge is 2.29. The predicted octanol–water partition coefficient (Wildman–Crippen LogP) is 3.13. The van der Waals surface area contributed by atoms with Gasteiger partial charge in [0.1, 0.15) is 5.75 Å². The van der Waals surface area contributed by atoms with Gasteiger partial charge in [-0.2, -0.15) is 0 Å². The van der Waals surface area contributed by atoms with Crippen LogP contribution in [0.2, 0.25) is 0 Å². The van der Waals surface area contributed by atoms with Crippen molar-refractivity contribution in [3.8, 4) is 17.2 Å². The highest BCUT2D eigenvalue weighted by molar-refractivity contribution is 5.82. The highest BCUT2D eigenvalue weighted by Crippen LogP contribution is 2.36. The Morgan fingerprint density at radius 3 is 2.56 bits per heavy atom.